The lowest BCUT2D eigenvalue weighted by molar-refractivity contribution is -0.129. The largest absolute Gasteiger partial charge is 0.338 e. The highest BCUT2D eigenvalue weighted by Gasteiger charge is 2.16. The fourth-order valence-electron chi connectivity index (χ4n) is 2.33. The Kier molecular flexibility index (Phi) is 3.88. The Hall–Kier alpha value is -3.03. The Bertz CT molecular complexity index is 913. The van der Waals surface area contributed by atoms with Gasteiger partial charge < -0.3 is 9.47 Å². The number of nitrogens with one attached hydrogen (secondary N) is 1. The zero-order valence-corrected chi connectivity index (χ0v) is 12.9. The van der Waals surface area contributed by atoms with Crippen LogP contribution in [0.1, 0.15) is 11.5 Å². The van der Waals surface area contributed by atoms with Gasteiger partial charge in [-0.25, -0.2) is 5.10 Å². The number of aryl methyl sites for hydroxylation is 1. The Labute approximate surface area is 131 Å². The van der Waals surface area contributed by atoms with E-state index in [1.807, 2.05) is 13.1 Å². The molecule has 2 heterocycles. The molecule has 0 saturated heterocycles. The van der Waals surface area contributed by atoms with E-state index in [1.165, 1.54) is 0 Å². The van der Waals surface area contributed by atoms with Crippen LogP contribution in [-0.2, 0) is 24.8 Å². The molecule has 0 radical (unpaired) electrons. The van der Waals surface area contributed by atoms with Crippen LogP contribution in [-0.4, -0.2) is 42.8 Å². The molecule has 0 bridgehead atoms. The normalized spacial score (nSPS) is 10.9. The van der Waals surface area contributed by atoms with E-state index in [2.05, 4.69) is 20.4 Å². The number of benzene rings is 1. The van der Waals surface area contributed by atoms with E-state index in [0.717, 1.165) is 0 Å². The van der Waals surface area contributed by atoms with E-state index in [-0.39, 0.29) is 17.9 Å². The third-order valence-corrected chi connectivity index (χ3v) is 3.70. The molecule has 0 aliphatic carbocycles. The van der Waals surface area contributed by atoms with Gasteiger partial charge in [0.15, 0.2) is 5.82 Å². The highest BCUT2D eigenvalue weighted by Crippen LogP contribution is 2.13. The first-order chi connectivity index (χ1) is 11.1. The van der Waals surface area contributed by atoms with Crippen LogP contribution in [0.2, 0.25) is 0 Å². The fourth-order valence-corrected chi connectivity index (χ4v) is 2.33. The Balaban J connectivity index is 1.82. The van der Waals surface area contributed by atoms with Crippen LogP contribution in [0.3, 0.4) is 0 Å². The van der Waals surface area contributed by atoms with Crippen molar-refractivity contribution in [3.63, 3.8) is 0 Å². The quantitative estimate of drug-likeness (QED) is 0.745. The highest BCUT2D eigenvalue weighted by molar-refractivity contribution is 5.88. The van der Waals surface area contributed by atoms with Crippen LogP contribution in [0.5, 0.6) is 0 Å². The fraction of sp³-hybridized carbons (Fsp3) is 0.267. The minimum absolute atomic E-state index is 0.103. The number of carbonyl (C=O) groups is 1. The average Bonchev–Trinajstić information content (AvgIpc) is 2.95. The molecule has 0 fully saturated rings. The minimum atomic E-state index is -0.260. The molecule has 3 aromatic rings. The minimum Gasteiger partial charge on any atom is -0.338 e. The summed E-state index contributed by atoms with van der Waals surface area (Å²) in [7, 11) is 3.52. The summed E-state index contributed by atoms with van der Waals surface area (Å²) in [5, 5.41) is 15.4. The molecule has 0 atom stereocenters. The second-order valence-electron chi connectivity index (χ2n) is 5.33. The Morgan fingerprint density at radius 1 is 1.30 bits per heavy atom. The van der Waals surface area contributed by atoms with E-state index in [9.17, 15) is 9.59 Å². The van der Waals surface area contributed by atoms with Gasteiger partial charge in [0.1, 0.15) is 6.33 Å². The van der Waals surface area contributed by atoms with Crippen molar-refractivity contribution in [1.82, 2.24) is 29.9 Å². The number of aromatic amines is 1. The summed E-state index contributed by atoms with van der Waals surface area (Å²) >= 11 is 0. The number of carbonyl (C=O) groups excluding carboxylic acids is 1. The number of likely N-dealkylation sites (N-methyl/N-ethyl adjacent to an activating group) is 1. The molecule has 3 rings (SSSR count). The maximum atomic E-state index is 12.4. The van der Waals surface area contributed by atoms with Crippen molar-refractivity contribution >= 4 is 16.7 Å². The smallest absolute Gasteiger partial charge is 0.272 e. The molecule has 1 amide bonds. The van der Waals surface area contributed by atoms with E-state index in [1.54, 1.807) is 41.0 Å². The van der Waals surface area contributed by atoms with E-state index in [4.69, 9.17) is 0 Å². The van der Waals surface area contributed by atoms with Crippen LogP contribution in [0, 0.1) is 0 Å². The number of rotatable bonds is 4. The van der Waals surface area contributed by atoms with Crippen LogP contribution in [0.15, 0.2) is 35.4 Å². The average molecular weight is 312 g/mol. The van der Waals surface area contributed by atoms with Gasteiger partial charge in [-0.05, 0) is 6.07 Å². The van der Waals surface area contributed by atoms with Gasteiger partial charge in [-0.1, -0.05) is 18.2 Å². The van der Waals surface area contributed by atoms with E-state index in [0.29, 0.717) is 28.8 Å². The SMILES string of the molecule is CN(Cc1nncn1C)C(=O)Cc1n[nH]c(=O)c2ccccc12. The van der Waals surface area contributed by atoms with Crippen molar-refractivity contribution in [3.05, 3.63) is 52.5 Å². The summed E-state index contributed by atoms with van der Waals surface area (Å²) < 4.78 is 1.76. The predicted molar refractivity (Wildman–Crippen MR) is 83.5 cm³/mol. The molecule has 8 nitrogen and oxygen atoms in total. The van der Waals surface area contributed by atoms with Crippen LogP contribution in [0.25, 0.3) is 10.8 Å². The molecule has 2 aromatic heterocycles. The van der Waals surface area contributed by atoms with Crippen LogP contribution >= 0.6 is 0 Å². The van der Waals surface area contributed by atoms with Gasteiger partial charge in [0, 0.05) is 19.5 Å². The molecule has 0 saturated carbocycles. The Morgan fingerprint density at radius 3 is 2.74 bits per heavy atom. The number of H-pyrrole nitrogens is 1. The number of nitrogens with zero attached hydrogens (tertiary/aromatic N) is 5. The summed E-state index contributed by atoms with van der Waals surface area (Å²) in [5.74, 6) is 0.581. The number of aromatic nitrogens is 5. The summed E-state index contributed by atoms with van der Waals surface area (Å²) in [6.07, 6.45) is 1.69. The molecule has 0 spiro atoms. The molecule has 0 aliphatic heterocycles. The van der Waals surface area contributed by atoms with Gasteiger partial charge in [0.25, 0.3) is 5.56 Å². The van der Waals surface area contributed by atoms with Gasteiger partial charge in [-0.15, -0.1) is 10.2 Å². The van der Waals surface area contributed by atoms with Crippen molar-refractivity contribution in [2.24, 2.45) is 7.05 Å². The maximum Gasteiger partial charge on any atom is 0.272 e. The number of fused-ring (bicyclic) bond motifs is 1. The molecule has 1 aromatic carbocycles. The van der Waals surface area contributed by atoms with Crippen molar-refractivity contribution in [1.29, 1.82) is 0 Å². The lowest BCUT2D eigenvalue weighted by atomic mass is 10.1. The maximum absolute atomic E-state index is 12.4. The third-order valence-electron chi connectivity index (χ3n) is 3.70. The Morgan fingerprint density at radius 2 is 2.04 bits per heavy atom. The summed E-state index contributed by atoms with van der Waals surface area (Å²) in [4.78, 5) is 25.7. The number of hydrogen-bond acceptors (Lipinski definition) is 5. The molecular formula is C15H16N6O2. The van der Waals surface area contributed by atoms with Crippen LogP contribution in [0.4, 0.5) is 0 Å². The van der Waals surface area contributed by atoms with Gasteiger partial charge in [-0.3, -0.25) is 9.59 Å². The molecule has 8 heteroatoms. The van der Waals surface area contributed by atoms with Crippen LogP contribution < -0.4 is 5.56 Å². The standard InChI is InChI=1S/C15H16N6O2/c1-20(8-13-18-16-9-21(13)2)14(22)7-12-10-5-3-4-6-11(10)15(23)19-17-12/h3-6,9H,7-8H2,1-2H3,(H,19,23). The highest BCUT2D eigenvalue weighted by atomic mass is 16.2. The second-order valence-corrected chi connectivity index (χ2v) is 5.33. The molecule has 1 N–H and O–H groups in total. The first kappa shape index (κ1) is 14.9. The predicted octanol–water partition coefficient (Wildman–Crippen LogP) is 0.253. The summed E-state index contributed by atoms with van der Waals surface area (Å²) in [5.41, 5.74) is 0.291. The van der Waals surface area contributed by atoms with Gasteiger partial charge in [0.05, 0.1) is 24.0 Å². The van der Waals surface area contributed by atoms with Gasteiger partial charge in [-0.2, -0.15) is 5.10 Å². The zero-order valence-electron chi connectivity index (χ0n) is 12.9. The molecule has 23 heavy (non-hydrogen) atoms. The van der Waals surface area contributed by atoms with Crippen molar-refractivity contribution < 1.29 is 4.79 Å². The third kappa shape index (κ3) is 2.96. The number of amides is 1. The lowest BCUT2D eigenvalue weighted by Crippen LogP contribution is -2.29. The molecule has 0 aliphatic rings. The summed E-state index contributed by atoms with van der Waals surface area (Å²) in [6, 6.07) is 7.11. The van der Waals surface area contributed by atoms with Crippen molar-refractivity contribution in [2.75, 3.05) is 7.05 Å². The van der Waals surface area contributed by atoms with E-state index < -0.39 is 0 Å². The number of hydrogen-bond donors (Lipinski definition) is 1. The molecule has 118 valence electrons. The van der Waals surface area contributed by atoms with Crippen molar-refractivity contribution in [2.45, 2.75) is 13.0 Å². The van der Waals surface area contributed by atoms with Gasteiger partial charge >= 0.3 is 0 Å². The monoisotopic (exact) mass is 312 g/mol. The second kappa shape index (κ2) is 5.99. The first-order valence-electron chi connectivity index (χ1n) is 7.09. The first-order valence-corrected chi connectivity index (χ1v) is 7.09. The van der Waals surface area contributed by atoms with E-state index >= 15 is 0 Å². The summed E-state index contributed by atoms with van der Waals surface area (Å²) in [6.45, 7) is 0.358. The molecular weight excluding hydrogens is 296 g/mol. The molecule has 0 unspecified atom stereocenters. The zero-order chi connectivity index (χ0) is 16.4. The topological polar surface area (TPSA) is 96.8 Å². The van der Waals surface area contributed by atoms with Crippen molar-refractivity contribution in [3.8, 4) is 0 Å². The van der Waals surface area contributed by atoms with Gasteiger partial charge in [0.2, 0.25) is 5.91 Å². The lowest BCUT2D eigenvalue weighted by Gasteiger charge is -2.16.